The molecular formula is C43H48O10. The van der Waals surface area contributed by atoms with E-state index < -0.39 is 23.9 Å². The number of hydrogen-bond donors (Lipinski definition) is 0. The van der Waals surface area contributed by atoms with Crippen LogP contribution < -0.4 is 14.2 Å². The monoisotopic (exact) mass is 724 g/mol. The van der Waals surface area contributed by atoms with E-state index in [-0.39, 0.29) is 37.9 Å². The first-order valence-corrected chi connectivity index (χ1v) is 18.1. The average Bonchev–Trinajstić information content (AvgIpc) is 3.18. The molecular weight excluding hydrogens is 676 g/mol. The summed E-state index contributed by atoms with van der Waals surface area (Å²) in [6.45, 7) is 8.22. The molecule has 1 fully saturated rings. The van der Waals surface area contributed by atoms with Gasteiger partial charge in [0.15, 0.2) is 0 Å². The summed E-state index contributed by atoms with van der Waals surface area (Å²) >= 11 is 0. The minimum absolute atomic E-state index is 0.0458. The van der Waals surface area contributed by atoms with Crippen molar-refractivity contribution >= 4 is 30.0 Å². The molecule has 0 aromatic heterocycles. The van der Waals surface area contributed by atoms with Crippen molar-refractivity contribution in [3.05, 3.63) is 109 Å². The van der Waals surface area contributed by atoms with E-state index in [1.165, 1.54) is 12.5 Å². The SMILES string of the molecule is C=CC(=O)OCCOc1ccc(-c2ccc(/C=C/C(=O)Oc3ccc(OCCCCCCOC(=O)C(=C)CC(=O)OC4CCCCC4)cc3)cc2)cc1. The summed E-state index contributed by atoms with van der Waals surface area (Å²) in [6.07, 6.45) is 12.4. The standard InChI is InChI=1S/C43H48O10/c1-3-40(44)50-30-29-49-36-20-18-35(19-21-36)34-16-13-33(14-17-34)15-26-41(45)52-39-24-22-37(23-25-39)48-27-9-4-5-10-28-51-43(47)32(2)31-42(46)53-38-11-7-6-8-12-38/h3,13-26,38H,1-2,4-12,27-31H2/b26-15+. The van der Waals surface area contributed by atoms with Crippen LogP contribution in [0, 0.1) is 0 Å². The summed E-state index contributed by atoms with van der Waals surface area (Å²) < 4.78 is 32.4. The van der Waals surface area contributed by atoms with Crippen LogP contribution in [0.5, 0.6) is 17.2 Å². The molecule has 0 saturated heterocycles. The third-order valence-electron chi connectivity index (χ3n) is 8.35. The molecule has 10 nitrogen and oxygen atoms in total. The molecule has 3 aromatic carbocycles. The number of unbranched alkanes of at least 4 members (excludes halogenated alkanes) is 3. The maximum atomic E-state index is 12.4. The van der Waals surface area contributed by atoms with E-state index in [4.69, 9.17) is 28.4 Å². The van der Waals surface area contributed by atoms with Crippen LogP contribution in [0.4, 0.5) is 0 Å². The highest BCUT2D eigenvalue weighted by atomic mass is 16.6. The van der Waals surface area contributed by atoms with Gasteiger partial charge in [0, 0.05) is 17.7 Å². The summed E-state index contributed by atoms with van der Waals surface area (Å²) in [5.41, 5.74) is 2.97. The molecule has 0 N–H and O–H groups in total. The Bertz CT molecular complexity index is 1670. The summed E-state index contributed by atoms with van der Waals surface area (Å²) in [5.74, 6) is -0.206. The second-order valence-corrected chi connectivity index (χ2v) is 12.5. The van der Waals surface area contributed by atoms with Gasteiger partial charge >= 0.3 is 23.9 Å². The molecule has 0 radical (unpaired) electrons. The van der Waals surface area contributed by atoms with Gasteiger partial charge in [0.25, 0.3) is 0 Å². The lowest BCUT2D eigenvalue weighted by molar-refractivity contribution is -0.151. The molecule has 0 atom stereocenters. The Labute approximate surface area is 311 Å². The van der Waals surface area contributed by atoms with Crippen LogP contribution >= 0.6 is 0 Å². The fourth-order valence-corrected chi connectivity index (χ4v) is 5.48. The Morgan fingerprint density at radius 1 is 0.642 bits per heavy atom. The Morgan fingerprint density at radius 2 is 1.23 bits per heavy atom. The van der Waals surface area contributed by atoms with Gasteiger partial charge < -0.3 is 28.4 Å². The molecule has 0 amide bonds. The van der Waals surface area contributed by atoms with Crippen molar-refractivity contribution in [1.82, 2.24) is 0 Å². The molecule has 0 aliphatic heterocycles. The number of hydrogen-bond acceptors (Lipinski definition) is 10. The summed E-state index contributed by atoms with van der Waals surface area (Å²) in [6, 6.07) is 22.2. The van der Waals surface area contributed by atoms with E-state index in [9.17, 15) is 19.2 Å². The zero-order valence-electron chi connectivity index (χ0n) is 30.1. The zero-order chi connectivity index (χ0) is 37.7. The largest absolute Gasteiger partial charge is 0.494 e. The fraction of sp³-hybridized carbons (Fsp3) is 0.349. The van der Waals surface area contributed by atoms with Crippen LogP contribution in [0.15, 0.2) is 104 Å². The van der Waals surface area contributed by atoms with Gasteiger partial charge in [0.05, 0.1) is 19.6 Å². The topological polar surface area (TPSA) is 124 Å². The van der Waals surface area contributed by atoms with Crippen LogP contribution in [0.1, 0.15) is 69.8 Å². The first kappa shape index (κ1) is 40.1. The maximum absolute atomic E-state index is 12.4. The van der Waals surface area contributed by atoms with E-state index in [1.54, 1.807) is 30.3 Å². The van der Waals surface area contributed by atoms with Crippen LogP contribution in [0.2, 0.25) is 0 Å². The normalized spacial score (nSPS) is 12.8. The summed E-state index contributed by atoms with van der Waals surface area (Å²) in [4.78, 5) is 47.7. The van der Waals surface area contributed by atoms with E-state index in [0.29, 0.717) is 30.3 Å². The first-order chi connectivity index (χ1) is 25.8. The smallest absolute Gasteiger partial charge is 0.336 e. The molecule has 280 valence electrons. The Hall–Kier alpha value is -5.64. The number of carbonyl (C=O) groups excluding carboxylic acids is 4. The third-order valence-corrected chi connectivity index (χ3v) is 8.35. The molecule has 4 rings (SSSR count). The lowest BCUT2D eigenvalue weighted by Gasteiger charge is -2.21. The fourth-order valence-electron chi connectivity index (χ4n) is 5.48. The van der Waals surface area contributed by atoms with Crippen molar-refractivity contribution in [2.75, 3.05) is 26.4 Å². The van der Waals surface area contributed by atoms with Crippen molar-refractivity contribution in [3.8, 4) is 28.4 Å². The van der Waals surface area contributed by atoms with Gasteiger partial charge in [-0.3, -0.25) is 4.79 Å². The molecule has 0 unspecified atom stereocenters. The van der Waals surface area contributed by atoms with Crippen LogP contribution in [0.25, 0.3) is 17.2 Å². The Kier molecular flexibility index (Phi) is 16.9. The predicted octanol–water partition coefficient (Wildman–Crippen LogP) is 8.39. The Balaban J connectivity index is 1.05. The van der Waals surface area contributed by atoms with Crippen molar-refractivity contribution in [2.24, 2.45) is 0 Å². The quantitative estimate of drug-likeness (QED) is 0.0348. The number of rotatable bonds is 21. The number of ether oxygens (including phenoxy) is 6. The number of esters is 4. The van der Waals surface area contributed by atoms with Gasteiger partial charge in [-0.2, -0.15) is 0 Å². The molecule has 53 heavy (non-hydrogen) atoms. The molecule has 1 aliphatic carbocycles. The van der Waals surface area contributed by atoms with Crippen LogP contribution in [-0.2, 0) is 33.4 Å². The van der Waals surface area contributed by atoms with Gasteiger partial charge in [-0.05, 0) is 111 Å². The zero-order valence-corrected chi connectivity index (χ0v) is 30.1. The highest BCUT2D eigenvalue weighted by Gasteiger charge is 2.20. The van der Waals surface area contributed by atoms with Gasteiger partial charge in [0.2, 0.25) is 0 Å². The van der Waals surface area contributed by atoms with Gasteiger partial charge in [-0.25, -0.2) is 14.4 Å². The number of carbonyl (C=O) groups is 4. The van der Waals surface area contributed by atoms with E-state index >= 15 is 0 Å². The minimum Gasteiger partial charge on any atom is -0.494 e. The second kappa shape index (κ2) is 22.3. The summed E-state index contributed by atoms with van der Waals surface area (Å²) in [5, 5.41) is 0. The van der Waals surface area contributed by atoms with Gasteiger partial charge in [-0.1, -0.05) is 56.0 Å². The lowest BCUT2D eigenvalue weighted by Crippen LogP contribution is -2.22. The maximum Gasteiger partial charge on any atom is 0.336 e. The summed E-state index contributed by atoms with van der Waals surface area (Å²) in [7, 11) is 0. The third kappa shape index (κ3) is 15.2. The highest BCUT2D eigenvalue weighted by Crippen LogP contribution is 2.24. The van der Waals surface area contributed by atoms with Crippen molar-refractivity contribution < 1.29 is 47.6 Å². The van der Waals surface area contributed by atoms with Crippen molar-refractivity contribution in [3.63, 3.8) is 0 Å². The molecule has 10 heteroatoms. The Morgan fingerprint density at radius 3 is 1.89 bits per heavy atom. The van der Waals surface area contributed by atoms with Crippen LogP contribution in [0.3, 0.4) is 0 Å². The lowest BCUT2D eigenvalue weighted by atomic mass is 9.98. The molecule has 0 bridgehead atoms. The number of benzene rings is 3. The minimum atomic E-state index is -0.555. The van der Waals surface area contributed by atoms with E-state index in [0.717, 1.165) is 67.7 Å². The highest BCUT2D eigenvalue weighted by molar-refractivity contribution is 5.93. The average molecular weight is 725 g/mol. The van der Waals surface area contributed by atoms with Crippen molar-refractivity contribution in [2.45, 2.75) is 70.3 Å². The van der Waals surface area contributed by atoms with Gasteiger partial charge in [0.1, 0.15) is 36.6 Å². The van der Waals surface area contributed by atoms with Crippen molar-refractivity contribution in [1.29, 1.82) is 0 Å². The second-order valence-electron chi connectivity index (χ2n) is 12.5. The van der Waals surface area contributed by atoms with E-state index in [1.807, 2.05) is 48.5 Å². The van der Waals surface area contributed by atoms with Gasteiger partial charge in [-0.15, -0.1) is 0 Å². The molecule has 1 saturated carbocycles. The van der Waals surface area contributed by atoms with Crippen LogP contribution in [-0.4, -0.2) is 56.4 Å². The first-order valence-electron chi connectivity index (χ1n) is 18.1. The molecule has 0 spiro atoms. The molecule has 1 aliphatic rings. The molecule has 3 aromatic rings. The van der Waals surface area contributed by atoms with E-state index in [2.05, 4.69) is 13.2 Å². The predicted molar refractivity (Wildman–Crippen MR) is 201 cm³/mol. The molecule has 0 heterocycles.